The van der Waals surface area contributed by atoms with Crippen molar-refractivity contribution in [3.8, 4) is 0 Å². The van der Waals surface area contributed by atoms with Gasteiger partial charge in [-0.1, -0.05) is 26.2 Å². The second kappa shape index (κ2) is 9.43. The molecule has 0 N–H and O–H groups in total. The van der Waals surface area contributed by atoms with Gasteiger partial charge in [0.25, 0.3) is 0 Å². The second-order valence-corrected chi connectivity index (χ2v) is 9.55. The summed E-state index contributed by atoms with van der Waals surface area (Å²) in [6, 6.07) is 3.07. The van der Waals surface area contributed by atoms with Crippen LogP contribution in [0.2, 0.25) is 0 Å². The molecule has 3 aliphatic rings. The highest BCUT2D eigenvalue weighted by molar-refractivity contribution is 5.26. The Morgan fingerprint density at radius 1 is 0.862 bits per heavy atom. The minimum atomic E-state index is -0.352. The van der Waals surface area contributed by atoms with Gasteiger partial charge < -0.3 is 9.47 Å². The maximum absolute atomic E-state index is 14.4. The molecule has 3 fully saturated rings. The minimum Gasteiger partial charge on any atom is -0.348 e. The van der Waals surface area contributed by atoms with Gasteiger partial charge in [-0.3, -0.25) is 0 Å². The smallest absolute Gasteiger partial charge is 0.168 e. The van der Waals surface area contributed by atoms with E-state index in [1.54, 1.807) is 0 Å². The zero-order valence-corrected chi connectivity index (χ0v) is 17.9. The number of ether oxygens (including phenoxy) is 2. The predicted molar refractivity (Wildman–Crippen MR) is 111 cm³/mol. The van der Waals surface area contributed by atoms with Gasteiger partial charge in [0.1, 0.15) is 11.6 Å². The monoisotopic (exact) mass is 406 g/mol. The highest BCUT2D eigenvalue weighted by Crippen LogP contribution is 2.45. The Balaban J connectivity index is 1.22. The van der Waals surface area contributed by atoms with Crippen LogP contribution in [0.1, 0.15) is 82.3 Å². The van der Waals surface area contributed by atoms with Gasteiger partial charge >= 0.3 is 0 Å². The molecular weight excluding hydrogens is 370 g/mol. The van der Waals surface area contributed by atoms with E-state index in [9.17, 15) is 8.78 Å². The van der Waals surface area contributed by atoms with E-state index in [-0.39, 0.29) is 17.4 Å². The van der Waals surface area contributed by atoms with Crippen LogP contribution in [0.4, 0.5) is 8.78 Å². The normalized spacial score (nSPS) is 27.6. The van der Waals surface area contributed by atoms with Gasteiger partial charge in [0.2, 0.25) is 0 Å². The summed E-state index contributed by atoms with van der Waals surface area (Å²) in [6.45, 7) is 3.53. The summed E-state index contributed by atoms with van der Waals surface area (Å²) in [4.78, 5) is 0. The van der Waals surface area contributed by atoms with Gasteiger partial charge in [-0.25, -0.2) is 8.78 Å². The van der Waals surface area contributed by atoms with Crippen LogP contribution in [-0.4, -0.2) is 19.0 Å². The van der Waals surface area contributed by atoms with Gasteiger partial charge in [-0.15, -0.1) is 0 Å². The maximum atomic E-state index is 14.4. The maximum Gasteiger partial charge on any atom is 0.168 e. The van der Waals surface area contributed by atoms with Gasteiger partial charge in [0.15, 0.2) is 5.79 Å². The fraction of sp³-hybridized carbons (Fsp3) is 0.760. The zero-order valence-electron chi connectivity index (χ0n) is 17.9. The zero-order chi connectivity index (χ0) is 20.3. The van der Waals surface area contributed by atoms with Crippen molar-refractivity contribution in [2.24, 2.45) is 17.8 Å². The molecule has 162 valence electrons. The van der Waals surface area contributed by atoms with Crippen LogP contribution in [-0.2, 0) is 22.3 Å². The van der Waals surface area contributed by atoms with E-state index in [1.165, 1.54) is 50.7 Å². The second-order valence-electron chi connectivity index (χ2n) is 9.55. The van der Waals surface area contributed by atoms with Crippen LogP contribution in [0, 0.1) is 29.4 Å². The van der Waals surface area contributed by atoms with E-state index in [1.807, 2.05) is 6.92 Å². The SMILES string of the molecule is CCCc1cc(F)c(CC[C@H]2CC[C@H](C3CCC4(CC3)OCCO4)CC2)c(F)c1. The lowest BCUT2D eigenvalue weighted by Gasteiger charge is -2.40. The van der Waals surface area contributed by atoms with Gasteiger partial charge in [-0.2, -0.15) is 0 Å². The molecule has 1 heterocycles. The molecule has 2 nitrogen and oxygen atoms in total. The molecule has 0 unspecified atom stereocenters. The summed E-state index contributed by atoms with van der Waals surface area (Å²) >= 11 is 0. The van der Waals surface area contributed by atoms with E-state index in [2.05, 4.69) is 0 Å². The molecule has 1 aromatic carbocycles. The topological polar surface area (TPSA) is 18.5 Å². The molecule has 0 aromatic heterocycles. The summed E-state index contributed by atoms with van der Waals surface area (Å²) < 4.78 is 40.4. The van der Waals surface area contributed by atoms with E-state index in [0.717, 1.165) is 62.7 Å². The van der Waals surface area contributed by atoms with Gasteiger partial charge in [0, 0.05) is 18.4 Å². The number of hydrogen-bond donors (Lipinski definition) is 0. The number of hydrogen-bond acceptors (Lipinski definition) is 2. The number of aryl methyl sites for hydroxylation is 1. The lowest BCUT2D eigenvalue weighted by Crippen LogP contribution is -2.37. The summed E-state index contributed by atoms with van der Waals surface area (Å²) in [5.74, 6) is 1.26. The van der Waals surface area contributed by atoms with Crippen molar-refractivity contribution in [2.75, 3.05) is 13.2 Å². The Morgan fingerprint density at radius 3 is 2.03 bits per heavy atom. The lowest BCUT2D eigenvalue weighted by atomic mass is 9.69. The molecule has 1 saturated heterocycles. The predicted octanol–water partition coefficient (Wildman–Crippen LogP) is 6.59. The molecule has 4 rings (SSSR count). The van der Waals surface area contributed by atoms with Crippen LogP contribution >= 0.6 is 0 Å². The average molecular weight is 407 g/mol. The standard InChI is InChI=1S/C25H36F2O2/c1-2-3-19-16-23(26)22(24(27)17-19)9-6-18-4-7-20(8-5-18)21-10-12-25(13-11-21)28-14-15-29-25/h16-18,20-21H,2-15H2,1H3/t18-,20-. The average Bonchev–Trinajstić information content (AvgIpc) is 3.17. The van der Waals surface area contributed by atoms with E-state index < -0.39 is 0 Å². The highest BCUT2D eigenvalue weighted by atomic mass is 19.1. The Morgan fingerprint density at radius 2 is 1.45 bits per heavy atom. The largest absolute Gasteiger partial charge is 0.348 e. The van der Waals surface area contributed by atoms with Crippen LogP contribution < -0.4 is 0 Å². The first-order chi connectivity index (χ1) is 14.1. The number of rotatable bonds is 6. The molecule has 0 radical (unpaired) electrons. The fourth-order valence-corrected chi connectivity index (χ4v) is 5.96. The van der Waals surface area contributed by atoms with Crippen molar-refractivity contribution in [3.05, 3.63) is 34.9 Å². The van der Waals surface area contributed by atoms with Crippen molar-refractivity contribution in [2.45, 2.75) is 89.8 Å². The van der Waals surface area contributed by atoms with Crippen molar-refractivity contribution < 1.29 is 18.3 Å². The first-order valence-electron chi connectivity index (χ1n) is 11.8. The van der Waals surface area contributed by atoms with Crippen molar-refractivity contribution >= 4 is 0 Å². The third kappa shape index (κ3) is 5.02. The van der Waals surface area contributed by atoms with E-state index in [4.69, 9.17) is 9.47 Å². The lowest BCUT2D eigenvalue weighted by molar-refractivity contribution is -0.185. The summed E-state index contributed by atoms with van der Waals surface area (Å²) in [5, 5.41) is 0. The van der Waals surface area contributed by atoms with E-state index >= 15 is 0 Å². The van der Waals surface area contributed by atoms with Crippen LogP contribution in [0.25, 0.3) is 0 Å². The summed E-state index contributed by atoms with van der Waals surface area (Å²) in [7, 11) is 0. The van der Waals surface area contributed by atoms with Crippen molar-refractivity contribution in [1.29, 1.82) is 0 Å². The molecule has 0 atom stereocenters. The van der Waals surface area contributed by atoms with Gasteiger partial charge in [0.05, 0.1) is 13.2 Å². The Kier molecular flexibility index (Phi) is 6.91. The highest BCUT2D eigenvalue weighted by Gasteiger charge is 2.42. The molecule has 0 bridgehead atoms. The number of benzene rings is 1. The molecule has 1 aliphatic heterocycles. The Labute approximate surface area is 174 Å². The molecule has 29 heavy (non-hydrogen) atoms. The van der Waals surface area contributed by atoms with Crippen LogP contribution in [0.5, 0.6) is 0 Å². The van der Waals surface area contributed by atoms with Crippen molar-refractivity contribution in [1.82, 2.24) is 0 Å². The third-order valence-corrected chi connectivity index (χ3v) is 7.71. The molecule has 4 heteroatoms. The first-order valence-corrected chi connectivity index (χ1v) is 11.8. The van der Waals surface area contributed by atoms with E-state index in [0.29, 0.717) is 17.9 Å². The van der Waals surface area contributed by atoms with Crippen LogP contribution in [0.15, 0.2) is 12.1 Å². The first kappa shape index (κ1) is 21.2. The summed E-state index contributed by atoms with van der Waals surface area (Å²) in [6.07, 6.45) is 12.5. The molecule has 0 amide bonds. The molecule has 2 saturated carbocycles. The Bertz CT molecular complexity index is 642. The van der Waals surface area contributed by atoms with Crippen LogP contribution in [0.3, 0.4) is 0 Å². The molecule has 2 aliphatic carbocycles. The molecular formula is C25H36F2O2. The fourth-order valence-electron chi connectivity index (χ4n) is 5.96. The third-order valence-electron chi connectivity index (χ3n) is 7.71. The molecule has 1 aromatic rings. The molecule has 1 spiro atoms. The number of halogens is 2. The minimum absolute atomic E-state index is 0.255. The van der Waals surface area contributed by atoms with Crippen molar-refractivity contribution in [3.63, 3.8) is 0 Å². The Hall–Kier alpha value is -1.00. The summed E-state index contributed by atoms with van der Waals surface area (Å²) in [5.41, 5.74) is 1.07. The quantitative estimate of drug-likeness (QED) is 0.530. The van der Waals surface area contributed by atoms with Gasteiger partial charge in [-0.05, 0) is 80.4 Å².